The molecule has 0 saturated heterocycles. The van der Waals surface area contributed by atoms with Crippen molar-refractivity contribution in [2.24, 2.45) is 15.4 Å². The Balaban J connectivity index is 0.000000490. The maximum Gasteiger partial charge on any atom is 0.288 e. The highest BCUT2D eigenvalue weighted by Gasteiger charge is 2.17. The fourth-order valence-corrected chi connectivity index (χ4v) is 4.99. The zero-order chi connectivity index (χ0) is 46.0. The average molecular weight is 909 g/mol. The van der Waals surface area contributed by atoms with Gasteiger partial charge in [0.15, 0.2) is 0 Å². The fraction of sp³-hybridized carbons (Fsp3) is 0.278. The number of pyridine rings is 2. The first-order valence-electron chi connectivity index (χ1n) is 17.2. The summed E-state index contributed by atoms with van der Waals surface area (Å²) < 4.78 is 77.8. The largest absolute Gasteiger partial charge is 0.495 e. The van der Waals surface area contributed by atoms with Gasteiger partial charge in [0.1, 0.15) is 50.4 Å². The van der Waals surface area contributed by atoms with Crippen LogP contribution < -0.4 is 61.0 Å². The number of nitrogens with one attached hydrogen (secondary N) is 4. The second-order valence-electron chi connectivity index (χ2n) is 10.8. The van der Waals surface area contributed by atoms with E-state index in [0.29, 0.717) is 34.6 Å². The molecule has 2 aromatic carbocycles. The highest BCUT2D eigenvalue weighted by Crippen LogP contribution is 2.37. The normalized spacial score (nSPS) is 10.5. The number of nitrogens with zero attached hydrogens (tertiary/aromatic N) is 4. The minimum atomic E-state index is -3.81. The first-order chi connectivity index (χ1) is 29.0. The molecule has 0 fully saturated rings. The van der Waals surface area contributed by atoms with E-state index >= 15 is 0 Å². The van der Waals surface area contributed by atoms with Gasteiger partial charge in [-0.15, -0.1) is 4.40 Å². The number of ether oxygens (including phenoxy) is 6. The maximum absolute atomic E-state index is 12.4. The number of benzene rings is 2. The molecule has 2 heterocycles. The standard InChI is InChI=1S/C18H23N5O6S.C9H9NO2S.C7H9N3O2.C2H7NO2S/c1-5-30(25,26)23-18(20-16-13(27-2)9-7-10-14(16)28-3)22-21-17(24)12-8-6-11-15(19-12)29-4;1-11-7-4-3-5-8(12-2)9(7)13-6-10;1-12-6-4-2-3-5(9-6)7(11)10-8;1-2-6(3,4)5/h6-11H,5H2,1-4H3,(H,21,24)(H2,20,22,23);3-5H,1-2H3;2-4H,8H2,1H3,(H,10,11);2H2,1H3,(H2,3,4,5). The number of carbonyl (C=O) groups is 2. The molecule has 0 spiro atoms. The van der Waals surface area contributed by atoms with E-state index in [9.17, 15) is 26.4 Å². The number of hydrogen-bond acceptors (Lipinski definition) is 17. The van der Waals surface area contributed by atoms with Crippen molar-refractivity contribution in [2.45, 2.75) is 18.7 Å². The van der Waals surface area contributed by atoms with Gasteiger partial charge in [-0.25, -0.2) is 37.8 Å². The third-order valence-corrected chi connectivity index (χ3v) is 9.65. The summed E-state index contributed by atoms with van der Waals surface area (Å²) in [5.41, 5.74) is 7.38. The van der Waals surface area contributed by atoms with Gasteiger partial charge < -0.3 is 33.7 Å². The van der Waals surface area contributed by atoms with Gasteiger partial charge in [0, 0.05) is 12.1 Å². The number of rotatable bonds is 13. The van der Waals surface area contributed by atoms with Crippen LogP contribution in [-0.2, 0) is 20.0 Å². The molecule has 0 aliphatic carbocycles. The molecule has 332 valence electrons. The molecule has 8 N–H and O–H groups in total. The van der Waals surface area contributed by atoms with Crippen molar-refractivity contribution < 1.29 is 54.8 Å². The summed E-state index contributed by atoms with van der Waals surface area (Å²) in [5, 5.41) is 17.8. The summed E-state index contributed by atoms with van der Waals surface area (Å²) in [6, 6.07) is 19.9. The summed E-state index contributed by atoms with van der Waals surface area (Å²) in [7, 11) is 1.96. The Hall–Kier alpha value is -6.59. The van der Waals surface area contributed by atoms with E-state index in [-0.39, 0.29) is 34.7 Å². The summed E-state index contributed by atoms with van der Waals surface area (Å²) in [5.74, 6) is 6.06. The number of hydrogen-bond donors (Lipinski definition) is 6. The molecule has 2 amide bonds. The number of nitrogen functional groups attached to an aromatic ring is 1. The number of hydrazine groups is 2. The Morgan fingerprint density at radius 1 is 0.689 bits per heavy atom. The molecule has 4 rings (SSSR count). The minimum Gasteiger partial charge on any atom is -0.495 e. The van der Waals surface area contributed by atoms with Gasteiger partial charge in [-0.05, 0) is 62.0 Å². The summed E-state index contributed by atoms with van der Waals surface area (Å²) in [6.07, 6.45) is 0. The van der Waals surface area contributed by atoms with Crippen LogP contribution in [0.4, 0.5) is 5.69 Å². The lowest BCUT2D eigenvalue weighted by Gasteiger charge is -2.17. The van der Waals surface area contributed by atoms with Crippen LogP contribution in [0.1, 0.15) is 34.8 Å². The SMILES string of the molecule is CCS(=O)(=O)N=C(NNC(=O)c1cccc(OC)n1)Nc1c(OC)cccc1OC.CCS(N)(=O)=O.COc1cccc(C(=O)NN)n1.COc1cccc(OC)c1SC#N. The molecule has 0 atom stereocenters. The number of nitriles is 1. The molecule has 4 aromatic rings. The second-order valence-corrected chi connectivity index (χ2v) is 15.4. The molecule has 61 heavy (non-hydrogen) atoms. The van der Waals surface area contributed by atoms with Crippen molar-refractivity contribution in [1.82, 2.24) is 26.2 Å². The van der Waals surface area contributed by atoms with E-state index in [0.717, 1.165) is 16.7 Å². The van der Waals surface area contributed by atoms with Crippen molar-refractivity contribution in [1.29, 1.82) is 5.26 Å². The second kappa shape index (κ2) is 27.2. The van der Waals surface area contributed by atoms with Crippen molar-refractivity contribution in [3.05, 3.63) is 84.2 Å². The predicted octanol–water partition coefficient (Wildman–Crippen LogP) is 2.43. The number of primary sulfonamides is 1. The van der Waals surface area contributed by atoms with Crippen molar-refractivity contribution >= 4 is 55.3 Å². The predicted molar refractivity (Wildman–Crippen MR) is 229 cm³/mol. The maximum atomic E-state index is 12.4. The smallest absolute Gasteiger partial charge is 0.288 e. The first-order valence-corrected chi connectivity index (χ1v) is 21.3. The summed E-state index contributed by atoms with van der Waals surface area (Å²) in [4.78, 5) is 31.9. The number of nitrogens with two attached hydrogens (primary N) is 2. The fourth-order valence-electron chi connectivity index (χ4n) is 3.90. The zero-order valence-electron chi connectivity index (χ0n) is 34.4. The number of carbonyl (C=O) groups excluding carboxylic acids is 2. The van der Waals surface area contributed by atoms with Gasteiger partial charge in [0.25, 0.3) is 21.8 Å². The van der Waals surface area contributed by atoms with Crippen LogP contribution in [0.5, 0.6) is 34.8 Å². The Morgan fingerprint density at radius 2 is 1.11 bits per heavy atom. The van der Waals surface area contributed by atoms with E-state index in [1.54, 1.807) is 74.9 Å². The molecule has 0 radical (unpaired) electrons. The van der Waals surface area contributed by atoms with Crippen LogP contribution >= 0.6 is 11.8 Å². The van der Waals surface area contributed by atoms with Gasteiger partial charge in [-0.2, -0.15) is 5.26 Å². The van der Waals surface area contributed by atoms with Gasteiger partial charge in [0.2, 0.25) is 27.7 Å². The zero-order valence-corrected chi connectivity index (χ0v) is 36.9. The third-order valence-electron chi connectivity index (χ3n) is 6.96. The molecule has 0 unspecified atom stereocenters. The van der Waals surface area contributed by atoms with E-state index < -0.39 is 31.9 Å². The van der Waals surface area contributed by atoms with E-state index in [4.69, 9.17) is 39.5 Å². The number of aromatic nitrogens is 2. The topological polar surface area (TPSA) is 320 Å². The quantitative estimate of drug-likeness (QED) is 0.0213. The highest BCUT2D eigenvalue weighted by atomic mass is 32.2. The van der Waals surface area contributed by atoms with Crippen LogP contribution in [0.3, 0.4) is 0 Å². The molecular weight excluding hydrogens is 861 g/mol. The number of guanidine groups is 1. The molecule has 0 aliphatic rings. The number of amides is 2. The van der Waals surface area contributed by atoms with Gasteiger partial charge in [0.05, 0.1) is 54.2 Å². The van der Waals surface area contributed by atoms with Gasteiger partial charge in [-0.3, -0.25) is 25.9 Å². The lowest BCUT2D eigenvalue weighted by atomic mass is 10.2. The molecule has 2 aromatic heterocycles. The number of thioether (sulfide) groups is 1. The molecular formula is C36H48N10O12S3. The van der Waals surface area contributed by atoms with E-state index in [1.807, 2.05) is 16.9 Å². The van der Waals surface area contributed by atoms with Crippen LogP contribution in [0.25, 0.3) is 0 Å². The minimum absolute atomic E-state index is 0.0208. The average Bonchev–Trinajstić information content (AvgIpc) is 3.28. The van der Waals surface area contributed by atoms with Crippen LogP contribution in [0.2, 0.25) is 0 Å². The number of sulfonamides is 2. The summed E-state index contributed by atoms with van der Waals surface area (Å²) in [6.45, 7) is 2.94. The Bertz CT molecular complexity index is 2280. The van der Waals surface area contributed by atoms with Crippen LogP contribution in [0, 0.1) is 10.7 Å². The number of thiocyanates is 1. The van der Waals surface area contributed by atoms with Crippen molar-refractivity contribution in [2.75, 3.05) is 59.5 Å². The van der Waals surface area contributed by atoms with Crippen molar-refractivity contribution in [3.63, 3.8) is 0 Å². The lowest BCUT2D eigenvalue weighted by molar-refractivity contribution is 0.0933. The molecule has 0 bridgehead atoms. The molecule has 22 nitrogen and oxygen atoms in total. The monoisotopic (exact) mass is 908 g/mol. The first kappa shape index (κ1) is 52.4. The van der Waals surface area contributed by atoms with Crippen LogP contribution in [-0.4, -0.2) is 98.7 Å². The Morgan fingerprint density at radius 3 is 1.49 bits per heavy atom. The summed E-state index contributed by atoms with van der Waals surface area (Å²) >= 11 is 1.03. The lowest BCUT2D eigenvalue weighted by Crippen LogP contribution is -2.45. The number of methoxy groups -OCH3 is 6. The van der Waals surface area contributed by atoms with E-state index in [1.165, 1.54) is 48.4 Å². The molecule has 0 saturated carbocycles. The molecule has 25 heteroatoms. The Labute approximate surface area is 358 Å². The van der Waals surface area contributed by atoms with Crippen molar-refractivity contribution in [3.8, 4) is 40.2 Å². The highest BCUT2D eigenvalue weighted by molar-refractivity contribution is 8.04. The molecule has 0 aliphatic heterocycles. The van der Waals surface area contributed by atoms with Crippen LogP contribution in [0.15, 0.2) is 82.1 Å². The van der Waals surface area contributed by atoms with Gasteiger partial charge >= 0.3 is 0 Å². The number of anilines is 1. The van der Waals surface area contributed by atoms with E-state index in [2.05, 4.69) is 35.7 Å². The Kier molecular flexibility index (Phi) is 23.4. The number of para-hydroxylation sites is 1. The third kappa shape index (κ3) is 18.9. The van der Waals surface area contributed by atoms with Gasteiger partial charge in [-0.1, -0.05) is 24.3 Å².